The van der Waals surface area contributed by atoms with Crippen molar-refractivity contribution in [2.45, 2.75) is 11.1 Å². The Balaban J connectivity index is 1.67. The molecule has 1 amide bonds. The Morgan fingerprint density at radius 2 is 1.68 bits per heavy atom. The monoisotopic (exact) mass is 451 g/mol. The van der Waals surface area contributed by atoms with Crippen LogP contribution < -0.4 is 14.8 Å². The minimum absolute atomic E-state index is 0.0597. The van der Waals surface area contributed by atoms with Crippen molar-refractivity contribution in [2.75, 3.05) is 16.6 Å². The molecule has 0 spiro atoms. The summed E-state index contributed by atoms with van der Waals surface area (Å²) in [4.78, 5) is 15.2. The van der Waals surface area contributed by atoms with E-state index in [0.717, 1.165) is 18.2 Å². The van der Waals surface area contributed by atoms with Crippen LogP contribution in [0.15, 0.2) is 78.0 Å². The number of benzene rings is 2. The number of hydrogen-bond acceptors (Lipinski definition) is 5. The molecule has 1 heterocycles. The molecule has 0 bridgehead atoms. The van der Waals surface area contributed by atoms with Gasteiger partial charge in [-0.1, -0.05) is 12.1 Å². The van der Waals surface area contributed by atoms with E-state index in [4.69, 9.17) is 4.74 Å². The Kier molecular flexibility index (Phi) is 6.44. The first-order chi connectivity index (χ1) is 14.6. The van der Waals surface area contributed by atoms with Crippen LogP contribution in [-0.2, 0) is 21.0 Å². The molecular weight excluding hydrogens is 435 g/mol. The summed E-state index contributed by atoms with van der Waals surface area (Å²) in [5.74, 6) is -0.254. The highest BCUT2D eigenvalue weighted by Crippen LogP contribution is 2.31. The van der Waals surface area contributed by atoms with Crippen LogP contribution in [0.5, 0.6) is 5.75 Å². The largest absolute Gasteiger partial charge is 0.484 e. The number of halogens is 3. The molecule has 0 fully saturated rings. The molecule has 1 aromatic heterocycles. The van der Waals surface area contributed by atoms with Crippen LogP contribution in [0.1, 0.15) is 5.56 Å². The van der Waals surface area contributed by atoms with Gasteiger partial charge in [-0.2, -0.15) is 13.2 Å². The maximum absolute atomic E-state index is 12.9. The topological polar surface area (TPSA) is 97.4 Å². The molecule has 0 atom stereocenters. The summed E-state index contributed by atoms with van der Waals surface area (Å²) >= 11 is 0. The Morgan fingerprint density at radius 1 is 0.968 bits per heavy atom. The van der Waals surface area contributed by atoms with Gasteiger partial charge in [-0.15, -0.1) is 0 Å². The molecule has 2 N–H and O–H groups in total. The number of nitrogens with one attached hydrogen (secondary N) is 2. The molecule has 11 heteroatoms. The number of aromatic nitrogens is 1. The third-order valence-corrected chi connectivity index (χ3v) is 5.27. The quantitative estimate of drug-likeness (QED) is 0.568. The van der Waals surface area contributed by atoms with E-state index in [1.165, 1.54) is 36.7 Å². The molecule has 3 rings (SSSR count). The lowest BCUT2D eigenvalue weighted by Crippen LogP contribution is -2.20. The van der Waals surface area contributed by atoms with Crippen molar-refractivity contribution in [1.29, 1.82) is 0 Å². The number of anilines is 2. The maximum Gasteiger partial charge on any atom is 0.416 e. The van der Waals surface area contributed by atoms with E-state index < -0.39 is 32.6 Å². The van der Waals surface area contributed by atoms with Gasteiger partial charge in [-0.3, -0.25) is 14.5 Å². The number of hydrogen-bond donors (Lipinski definition) is 2. The van der Waals surface area contributed by atoms with Crippen molar-refractivity contribution in [3.63, 3.8) is 0 Å². The molecule has 2 aromatic carbocycles. The second-order valence-corrected chi connectivity index (χ2v) is 7.91. The summed E-state index contributed by atoms with van der Waals surface area (Å²) in [5, 5.41) is 2.60. The SMILES string of the molecule is O=C(COc1cccc(NS(=O)(=O)c2cccc(C(F)(F)F)c2)c1)Nc1ccncc1. The highest BCUT2D eigenvalue weighted by molar-refractivity contribution is 7.92. The standard InChI is InChI=1S/C20H16F3N3O4S/c21-20(22,23)14-3-1-6-18(11-14)31(28,29)26-16-4-2-5-17(12-16)30-13-19(27)25-15-7-9-24-10-8-15/h1-12,26H,13H2,(H,24,25,27). The zero-order valence-corrected chi connectivity index (χ0v) is 16.6. The van der Waals surface area contributed by atoms with Crippen LogP contribution in [0.3, 0.4) is 0 Å². The van der Waals surface area contributed by atoms with Crippen LogP contribution in [-0.4, -0.2) is 25.9 Å². The summed E-state index contributed by atoms with van der Waals surface area (Å²) in [6.45, 7) is -0.341. The first kappa shape index (κ1) is 22.1. The number of amides is 1. The molecule has 0 saturated carbocycles. The maximum atomic E-state index is 12.9. The summed E-state index contributed by atoms with van der Waals surface area (Å²) < 4.78 is 71.1. The van der Waals surface area contributed by atoms with Gasteiger partial charge in [0.25, 0.3) is 15.9 Å². The van der Waals surface area contributed by atoms with E-state index in [-0.39, 0.29) is 18.0 Å². The van der Waals surface area contributed by atoms with Gasteiger partial charge in [-0.05, 0) is 42.5 Å². The number of nitrogens with zero attached hydrogens (tertiary/aromatic N) is 1. The van der Waals surface area contributed by atoms with E-state index in [1.54, 1.807) is 12.1 Å². The zero-order valence-electron chi connectivity index (χ0n) is 15.8. The lowest BCUT2D eigenvalue weighted by molar-refractivity contribution is -0.137. The average molecular weight is 451 g/mol. The van der Waals surface area contributed by atoms with Gasteiger partial charge < -0.3 is 10.1 Å². The highest BCUT2D eigenvalue weighted by atomic mass is 32.2. The Hall–Kier alpha value is -3.60. The second kappa shape index (κ2) is 9.04. The lowest BCUT2D eigenvalue weighted by Gasteiger charge is -2.12. The average Bonchev–Trinajstić information content (AvgIpc) is 2.72. The van der Waals surface area contributed by atoms with Crippen molar-refractivity contribution in [3.05, 3.63) is 78.6 Å². The molecule has 7 nitrogen and oxygen atoms in total. The number of carbonyl (C=O) groups excluding carboxylic acids is 1. The Bertz CT molecular complexity index is 1170. The second-order valence-electron chi connectivity index (χ2n) is 6.23. The predicted molar refractivity (Wildman–Crippen MR) is 107 cm³/mol. The summed E-state index contributed by atoms with van der Waals surface area (Å²) in [6.07, 6.45) is -1.65. The molecule has 0 aliphatic carbocycles. The normalized spacial score (nSPS) is 11.6. The first-order valence-electron chi connectivity index (χ1n) is 8.76. The highest BCUT2D eigenvalue weighted by Gasteiger charge is 2.31. The number of carbonyl (C=O) groups is 1. The Morgan fingerprint density at radius 3 is 2.39 bits per heavy atom. The molecule has 0 saturated heterocycles. The van der Waals surface area contributed by atoms with E-state index >= 15 is 0 Å². The van der Waals surface area contributed by atoms with Gasteiger partial charge in [0.1, 0.15) is 5.75 Å². The molecule has 0 aliphatic heterocycles. The third kappa shape index (κ3) is 6.19. The van der Waals surface area contributed by atoms with Crippen LogP contribution in [0.4, 0.5) is 24.5 Å². The van der Waals surface area contributed by atoms with Gasteiger partial charge in [0.15, 0.2) is 6.61 Å². The van der Waals surface area contributed by atoms with Crippen LogP contribution in [0.2, 0.25) is 0 Å². The fraction of sp³-hybridized carbons (Fsp3) is 0.100. The summed E-state index contributed by atoms with van der Waals surface area (Å²) in [6, 6.07) is 12.3. The van der Waals surface area contributed by atoms with Crippen LogP contribution in [0.25, 0.3) is 0 Å². The molecule has 3 aromatic rings. The number of pyridine rings is 1. The smallest absolute Gasteiger partial charge is 0.416 e. The molecular formula is C20H16F3N3O4S. The van der Waals surface area contributed by atoms with Crippen molar-refractivity contribution in [3.8, 4) is 5.75 Å². The van der Waals surface area contributed by atoms with Crippen molar-refractivity contribution >= 4 is 27.3 Å². The van der Waals surface area contributed by atoms with Crippen molar-refractivity contribution in [2.24, 2.45) is 0 Å². The van der Waals surface area contributed by atoms with Gasteiger partial charge in [0.2, 0.25) is 0 Å². The molecule has 0 aliphatic rings. The number of alkyl halides is 3. The molecule has 0 radical (unpaired) electrons. The van der Waals surface area contributed by atoms with Gasteiger partial charge >= 0.3 is 6.18 Å². The third-order valence-electron chi connectivity index (χ3n) is 3.89. The van der Waals surface area contributed by atoms with E-state index in [2.05, 4.69) is 15.0 Å². The lowest BCUT2D eigenvalue weighted by atomic mass is 10.2. The number of rotatable bonds is 7. The molecule has 31 heavy (non-hydrogen) atoms. The fourth-order valence-electron chi connectivity index (χ4n) is 2.48. The van der Waals surface area contributed by atoms with Gasteiger partial charge in [0, 0.05) is 24.1 Å². The van der Waals surface area contributed by atoms with E-state index in [0.29, 0.717) is 11.8 Å². The number of sulfonamides is 1. The van der Waals surface area contributed by atoms with E-state index in [1.807, 2.05) is 0 Å². The fourth-order valence-corrected chi connectivity index (χ4v) is 3.58. The van der Waals surface area contributed by atoms with Crippen LogP contribution >= 0.6 is 0 Å². The minimum atomic E-state index is -4.67. The molecule has 0 unspecified atom stereocenters. The minimum Gasteiger partial charge on any atom is -0.484 e. The Labute approximate surface area is 175 Å². The zero-order chi connectivity index (χ0) is 22.5. The first-order valence-corrected chi connectivity index (χ1v) is 10.2. The van der Waals surface area contributed by atoms with Crippen LogP contribution in [0, 0.1) is 0 Å². The molecule has 162 valence electrons. The van der Waals surface area contributed by atoms with Crippen molar-refractivity contribution in [1.82, 2.24) is 4.98 Å². The van der Waals surface area contributed by atoms with Gasteiger partial charge in [0.05, 0.1) is 16.1 Å². The van der Waals surface area contributed by atoms with E-state index in [9.17, 15) is 26.4 Å². The summed E-state index contributed by atoms with van der Waals surface area (Å²) in [7, 11) is -4.28. The van der Waals surface area contributed by atoms with Gasteiger partial charge in [-0.25, -0.2) is 8.42 Å². The predicted octanol–water partition coefficient (Wildman–Crippen LogP) is 3.92. The number of ether oxygens (including phenoxy) is 1. The van der Waals surface area contributed by atoms with Crippen molar-refractivity contribution < 1.29 is 31.1 Å². The summed E-state index contributed by atoms with van der Waals surface area (Å²) in [5.41, 5.74) is -0.483.